The Morgan fingerprint density at radius 3 is 2.95 bits per heavy atom. The highest BCUT2D eigenvalue weighted by molar-refractivity contribution is 9.09. The van der Waals surface area contributed by atoms with Crippen LogP contribution in [0.1, 0.15) is 5.56 Å². The van der Waals surface area contributed by atoms with E-state index in [-0.39, 0.29) is 17.9 Å². The van der Waals surface area contributed by atoms with Gasteiger partial charge in [-0.1, -0.05) is 15.9 Å². The smallest absolute Gasteiger partial charge is 0.354 e. The van der Waals surface area contributed by atoms with E-state index in [1.807, 2.05) is 0 Å². The Balaban J connectivity index is 2.33. The van der Waals surface area contributed by atoms with Gasteiger partial charge >= 0.3 is 5.97 Å². The molecule has 98 valence electrons. The number of fused-ring (bicyclic) bond motifs is 1. The summed E-state index contributed by atoms with van der Waals surface area (Å²) in [6.45, 7) is 0.217. The van der Waals surface area contributed by atoms with Crippen molar-refractivity contribution >= 4 is 39.1 Å². The van der Waals surface area contributed by atoms with Gasteiger partial charge in [-0.2, -0.15) is 0 Å². The Morgan fingerprint density at radius 2 is 2.26 bits per heavy atom. The van der Waals surface area contributed by atoms with Crippen LogP contribution in [-0.4, -0.2) is 23.8 Å². The Hall–Kier alpha value is -1.91. The standard InChI is InChI=1S/C13H9BrFNO3/c14-3-4-19-13(18)12-5-8(7-17)10-6-9(15)1-2-11(10)16-12/h1-2,5-6,16H,3-4H2. The van der Waals surface area contributed by atoms with E-state index in [0.29, 0.717) is 16.6 Å². The molecule has 0 radical (unpaired) electrons. The van der Waals surface area contributed by atoms with Crippen molar-refractivity contribution in [3.63, 3.8) is 0 Å². The van der Waals surface area contributed by atoms with Crippen LogP contribution in [0, 0.1) is 5.82 Å². The Morgan fingerprint density at radius 1 is 1.47 bits per heavy atom. The topological polar surface area (TPSA) is 55.4 Å². The minimum Gasteiger partial charge on any atom is -0.460 e. The molecule has 0 spiro atoms. The van der Waals surface area contributed by atoms with Crippen LogP contribution < -0.4 is 5.32 Å². The van der Waals surface area contributed by atoms with Crippen molar-refractivity contribution in [3.8, 4) is 0 Å². The molecule has 4 nitrogen and oxygen atoms in total. The fourth-order valence-electron chi connectivity index (χ4n) is 1.65. The van der Waals surface area contributed by atoms with E-state index in [4.69, 9.17) is 4.74 Å². The number of alkyl halides is 1. The number of benzene rings is 1. The summed E-state index contributed by atoms with van der Waals surface area (Å²) in [4.78, 5) is 22.6. The number of esters is 1. The number of hydrogen-bond acceptors (Lipinski definition) is 4. The predicted octanol–water partition coefficient (Wildman–Crippen LogP) is 2.29. The molecule has 1 N–H and O–H groups in total. The van der Waals surface area contributed by atoms with Crippen molar-refractivity contribution in [3.05, 3.63) is 41.4 Å². The Kier molecular flexibility index (Phi) is 4.14. The molecule has 0 fully saturated rings. The second-order valence-electron chi connectivity index (χ2n) is 3.71. The summed E-state index contributed by atoms with van der Waals surface area (Å²) in [6.07, 6.45) is 1.30. The first-order chi connectivity index (χ1) is 9.15. The summed E-state index contributed by atoms with van der Waals surface area (Å²) in [5, 5.41) is 3.32. The third-order valence-corrected chi connectivity index (χ3v) is 2.79. The van der Waals surface area contributed by atoms with E-state index >= 15 is 0 Å². The zero-order valence-electron chi connectivity index (χ0n) is 9.70. The molecule has 1 aromatic carbocycles. The zero-order chi connectivity index (χ0) is 13.8. The number of anilines is 1. The van der Waals surface area contributed by atoms with E-state index in [0.717, 1.165) is 0 Å². The van der Waals surface area contributed by atoms with Crippen molar-refractivity contribution in [1.82, 2.24) is 0 Å². The molecule has 0 saturated heterocycles. The highest BCUT2D eigenvalue weighted by Crippen LogP contribution is 2.30. The molecule has 6 heteroatoms. The molecular formula is C13H9BrFNO3. The second-order valence-corrected chi connectivity index (χ2v) is 4.51. The van der Waals surface area contributed by atoms with Crippen molar-refractivity contribution in [2.75, 3.05) is 17.3 Å². The molecule has 19 heavy (non-hydrogen) atoms. The normalized spacial score (nSPS) is 12.9. The molecule has 0 unspecified atom stereocenters. The second kappa shape index (κ2) is 5.82. The molecular weight excluding hydrogens is 317 g/mol. The van der Waals surface area contributed by atoms with Crippen LogP contribution in [0.15, 0.2) is 30.0 Å². The van der Waals surface area contributed by atoms with Crippen LogP contribution in [0.4, 0.5) is 10.1 Å². The van der Waals surface area contributed by atoms with E-state index in [1.54, 1.807) is 5.94 Å². The minimum atomic E-state index is -0.581. The van der Waals surface area contributed by atoms with Gasteiger partial charge in [0, 0.05) is 16.6 Å². The minimum absolute atomic E-state index is 0.110. The summed E-state index contributed by atoms with van der Waals surface area (Å²) in [5.74, 6) is 0.648. The number of hydrogen-bond donors (Lipinski definition) is 1. The van der Waals surface area contributed by atoms with Crippen LogP contribution in [0.3, 0.4) is 0 Å². The zero-order valence-corrected chi connectivity index (χ0v) is 11.3. The van der Waals surface area contributed by atoms with E-state index in [9.17, 15) is 14.0 Å². The van der Waals surface area contributed by atoms with Gasteiger partial charge in [-0.15, -0.1) is 0 Å². The van der Waals surface area contributed by atoms with Gasteiger partial charge in [-0.3, -0.25) is 0 Å². The molecule has 0 amide bonds. The van der Waals surface area contributed by atoms with E-state index < -0.39 is 11.8 Å². The molecule has 0 aliphatic carbocycles. The van der Waals surface area contributed by atoms with Gasteiger partial charge in [0.2, 0.25) is 0 Å². The Labute approximate surface area is 117 Å². The van der Waals surface area contributed by atoms with Crippen LogP contribution in [0.5, 0.6) is 0 Å². The lowest BCUT2D eigenvalue weighted by atomic mass is 10.00. The maximum atomic E-state index is 13.1. The van der Waals surface area contributed by atoms with Gasteiger partial charge in [0.1, 0.15) is 24.1 Å². The monoisotopic (exact) mass is 325 g/mol. The molecule has 1 aliphatic heterocycles. The van der Waals surface area contributed by atoms with E-state index in [2.05, 4.69) is 21.2 Å². The molecule has 0 aromatic heterocycles. The third-order valence-electron chi connectivity index (χ3n) is 2.47. The van der Waals surface area contributed by atoms with Crippen LogP contribution in [0.25, 0.3) is 5.57 Å². The summed E-state index contributed by atoms with van der Waals surface area (Å²) < 4.78 is 18.1. The van der Waals surface area contributed by atoms with Crippen molar-refractivity contribution in [2.45, 2.75) is 0 Å². The number of nitrogens with one attached hydrogen (secondary N) is 1. The van der Waals surface area contributed by atoms with Crippen LogP contribution in [0.2, 0.25) is 0 Å². The first-order valence-electron chi connectivity index (χ1n) is 5.42. The van der Waals surface area contributed by atoms with Gasteiger partial charge in [0.15, 0.2) is 0 Å². The fraction of sp³-hybridized carbons (Fsp3) is 0.154. The quantitative estimate of drug-likeness (QED) is 0.526. The maximum Gasteiger partial charge on any atom is 0.354 e. The van der Waals surface area contributed by atoms with Gasteiger partial charge in [-0.25, -0.2) is 14.0 Å². The number of allylic oxidation sites excluding steroid dienone is 2. The van der Waals surface area contributed by atoms with Crippen molar-refractivity contribution < 1.29 is 18.7 Å². The number of carbonyl (C=O) groups excluding carboxylic acids is 2. The van der Waals surface area contributed by atoms with Crippen molar-refractivity contribution in [1.29, 1.82) is 0 Å². The number of rotatable bonds is 3. The molecule has 1 aliphatic rings. The molecule has 1 heterocycles. The molecule has 2 rings (SSSR count). The first-order valence-corrected chi connectivity index (χ1v) is 6.54. The van der Waals surface area contributed by atoms with Crippen LogP contribution in [-0.2, 0) is 14.3 Å². The molecule has 1 aromatic rings. The van der Waals surface area contributed by atoms with E-state index in [1.165, 1.54) is 24.3 Å². The summed E-state index contributed by atoms with van der Waals surface area (Å²) >= 11 is 3.13. The summed E-state index contributed by atoms with van der Waals surface area (Å²) in [7, 11) is 0. The molecule has 0 atom stereocenters. The predicted molar refractivity (Wildman–Crippen MR) is 72.0 cm³/mol. The summed E-state index contributed by atoms with van der Waals surface area (Å²) in [6, 6.07) is 3.90. The lowest BCUT2D eigenvalue weighted by Gasteiger charge is -2.18. The molecule has 0 saturated carbocycles. The average molecular weight is 326 g/mol. The SMILES string of the molecule is O=C=C1C=C(C(=O)OCCBr)Nc2ccc(F)cc21. The number of carbonyl (C=O) groups is 1. The summed E-state index contributed by atoms with van der Waals surface area (Å²) in [5.41, 5.74) is 1.07. The highest BCUT2D eigenvalue weighted by Gasteiger charge is 2.21. The lowest BCUT2D eigenvalue weighted by molar-refractivity contribution is -0.138. The lowest BCUT2D eigenvalue weighted by Crippen LogP contribution is -2.19. The van der Waals surface area contributed by atoms with Crippen molar-refractivity contribution in [2.24, 2.45) is 0 Å². The highest BCUT2D eigenvalue weighted by atomic mass is 79.9. The largest absolute Gasteiger partial charge is 0.460 e. The average Bonchev–Trinajstić information content (AvgIpc) is 2.43. The van der Waals surface area contributed by atoms with Gasteiger partial charge in [0.05, 0.1) is 5.57 Å². The number of halogens is 2. The van der Waals surface area contributed by atoms with Gasteiger partial charge in [-0.05, 0) is 24.3 Å². The van der Waals surface area contributed by atoms with Crippen LogP contribution >= 0.6 is 15.9 Å². The Bertz CT molecular complexity index is 606. The van der Waals surface area contributed by atoms with Gasteiger partial charge < -0.3 is 10.1 Å². The first kappa shape index (κ1) is 13.5. The fourth-order valence-corrected chi connectivity index (χ4v) is 1.82. The molecule has 0 bridgehead atoms. The number of ether oxygens (including phenoxy) is 1. The third kappa shape index (κ3) is 2.92. The maximum absolute atomic E-state index is 13.1. The van der Waals surface area contributed by atoms with Gasteiger partial charge in [0.25, 0.3) is 0 Å².